The van der Waals surface area contributed by atoms with Gasteiger partial charge in [-0.2, -0.15) is 0 Å². The highest BCUT2D eigenvalue weighted by molar-refractivity contribution is 5.94. The molecule has 2 atom stereocenters. The first-order chi connectivity index (χ1) is 6.74. The summed E-state index contributed by atoms with van der Waals surface area (Å²) >= 11 is 0. The van der Waals surface area contributed by atoms with E-state index < -0.39 is 12.4 Å². The lowest BCUT2D eigenvalue weighted by molar-refractivity contribution is -0.148. The van der Waals surface area contributed by atoms with Crippen molar-refractivity contribution in [1.29, 1.82) is 0 Å². The predicted molar refractivity (Wildman–Crippen MR) is 53.6 cm³/mol. The summed E-state index contributed by atoms with van der Waals surface area (Å²) in [5.41, 5.74) is 0. The molecule has 76 valence electrons. The van der Waals surface area contributed by atoms with Crippen molar-refractivity contribution in [1.82, 2.24) is 0 Å². The first-order valence-electron chi connectivity index (χ1n) is 4.57. The minimum Gasteiger partial charge on any atom is -0.365 e. The maximum absolute atomic E-state index is 11.2. The highest BCUT2D eigenvalue weighted by atomic mass is 16.6. The van der Waals surface area contributed by atoms with Gasteiger partial charge in [0.25, 0.3) is 0 Å². The molecule has 0 spiro atoms. The summed E-state index contributed by atoms with van der Waals surface area (Å²) in [6.07, 6.45) is 8.00. The molecule has 3 nitrogen and oxygen atoms in total. The van der Waals surface area contributed by atoms with E-state index in [1.807, 2.05) is 12.2 Å². The second-order valence-electron chi connectivity index (χ2n) is 3.02. The molecule has 0 aromatic rings. The Kier molecular flexibility index (Phi) is 4.29. The second-order valence-corrected chi connectivity index (χ2v) is 3.02. The number of ketones is 1. The van der Waals surface area contributed by atoms with Crippen LogP contribution in [-0.4, -0.2) is 23.3 Å². The highest BCUT2D eigenvalue weighted by Gasteiger charge is 2.22. The third-order valence-electron chi connectivity index (χ3n) is 1.91. The molecule has 3 heteroatoms. The molecule has 1 heterocycles. The van der Waals surface area contributed by atoms with Crippen molar-refractivity contribution in [3.8, 4) is 0 Å². The average Bonchev–Trinajstić information content (AvgIpc) is 2.18. The maximum atomic E-state index is 11.2. The Labute approximate surface area is 83.4 Å². The molecule has 1 N–H and O–H groups in total. The molecule has 0 bridgehead atoms. The number of rotatable bonds is 4. The van der Waals surface area contributed by atoms with Crippen LogP contribution < -0.4 is 0 Å². The summed E-state index contributed by atoms with van der Waals surface area (Å²) in [5, 5.41) is 9.10. The molecule has 14 heavy (non-hydrogen) atoms. The van der Waals surface area contributed by atoms with E-state index >= 15 is 0 Å². The monoisotopic (exact) mass is 194 g/mol. The molecule has 2 unspecified atom stereocenters. The fourth-order valence-electron chi connectivity index (χ4n) is 1.22. The van der Waals surface area contributed by atoms with Crippen molar-refractivity contribution in [2.75, 3.05) is 0 Å². The lowest BCUT2D eigenvalue weighted by Gasteiger charge is -2.20. The van der Waals surface area contributed by atoms with Crippen LogP contribution in [0.15, 0.2) is 37.0 Å². The Morgan fingerprint density at radius 1 is 1.64 bits per heavy atom. The van der Waals surface area contributed by atoms with Crippen LogP contribution in [0.5, 0.6) is 0 Å². The molecular formula is C11H14O3. The van der Waals surface area contributed by atoms with Gasteiger partial charge in [-0.25, -0.2) is 0 Å². The molecule has 0 aromatic heterocycles. The van der Waals surface area contributed by atoms with E-state index in [2.05, 4.69) is 6.58 Å². The number of aliphatic hydroxyl groups is 1. The molecule has 0 radical (unpaired) electrons. The zero-order valence-corrected chi connectivity index (χ0v) is 7.93. The summed E-state index contributed by atoms with van der Waals surface area (Å²) in [6.45, 7) is 3.54. The van der Waals surface area contributed by atoms with Crippen molar-refractivity contribution < 1.29 is 14.6 Å². The number of allylic oxidation sites excluding steroid dienone is 3. The summed E-state index contributed by atoms with van der Waals surface area (Å²) < 4.78 is 5.04. The van der Waals surface area contributed by atoms with E-state index in [0.717, 1.165) is 6.42 Å². The molecule has 0 fully saturated rings. The van der Waals surface area contributed by atoms with Gasteiger partial charge in [-0.15, -0.1) is 0 Å². The minimum absolute atomic E-state index is 0.0812. The van der Waals surface area contributed by atoms with Gasteiger partial charge in [0.15, 0.2) is 12.1 Å². The molecular weight excluding hydrogens is 180 g/mol. The number of ether oxygens (including phenoxy) is 1. The van der Waals surface area contributed by atoms with E-state index in [0.29, 0.717) is 6.42 Å². The second kappa shape index (κ2) is 5.52. The Balaban J connectivity index is 2.37. The zero-order chi connectivity index (χ0) is 10.4. The van der Waals surface area contributed by atoms with E-state index in [1.165, 1.54) is 12.2 Å². The highest BCUT2D eigenvalue weighted by Crippen LogP contribution is 2.12. The minimum atomic E-state index is -0.943. The van der Waals surface area contributed by atoms with Crippen molar-refractivity contribution in [3.63, 3.8) is 0 Å². The van der Waals surface area contributed by atoms with Gasteiger partial charge in [-0.3, -0.25) is 4.79 Å². The van der Waals surface area contributed by atoms with E-state index in [1.54, 1.807) is 6.08 Å². The predicted octanol–water partition coefficient (Wildman–Crippen LogP) is 1.35. The van der Waals surface area contributed by atoms with Gasteiger partial charge in [0.05, 0.1) is 0 Å². The summed E-state index contributed by atoms with van der Waals surface area (Å²) in [5.74, 6) is -0.0812. The van der Waals surface area contributed by atoms with Crippen LogP contribution in [0, 0.1) is 0 Å². The van der Waals surface area contributed by atoms with Crippen molar-refractivity contribution >= 4 is 5.78 Å². The Morgan fingerprint density at radius 2 is 2.43 bits per heavy atom. The summed E-state index contributed by atoms with van der Waals surface area (Å²) in [4.78, 5) is 11.2. The van der Waals surface area contributed by atoms with Crippen molar-refractivity contribution in [2.45, 2.75) is 25.2 Å². The number of hydrogen-bond acceptors (Lipinski definition) is 3. The van der Waals surface area contributed by atoms with Gasteiger partial charge in [0.2, 0.25) is 0 Å². The number of carbonyl (C=O) groups is 1. The molecule has 1 aliphatic heterocycles. The third kappa shape index (κ3) is 3.28. The van der Waals surface area contributed by atoms with Gasteiger partial charge in [-0.05, 0) is 25.0 Å². The van der Waals surface area contributed by atoms with Crippen LogP contribution in [0.25, 0.3) is 0 Å². The maximum Gasteiger partial charge on any atom is 0.184 e. The van der Waals surface area contributed by atoms with Crippen LogP contribution in [0.4, 0.5) is 0 Å². The lowest BCUT2D eigenvalue weighted by Crippen LogP contribution is -2.31. The molecule has 0 aliphatic carbocycles. The number of carbonyl (C=O) groups excluding carboxylic acids is 1. The summed E-state index contributed by atoms with van der Waals surface area (Å²) in [7, 11) is 0. The number of hydrogen-bond donors (Lipinski definition) is 1. The van der Waals surface area contributed by atoms with Crippen molar-refractivity contribution in [3.05, 3.63) is 37.0 Å². The zero-order valence-electron chi connectivity index (χ0n) is 7.93. The first-order valence-corrected chi connectivity index (χ1v) is 4.57. The fourth-order valence-corrected chi connectivity index (χ4v) is 1.22. The molecule has 0 amide bonds. The average molecular weight is 194 g/mol. The molecule has 0 aromatic carbocycles. The third-order valence-corrected chi connectivity index (χ3v) is 1.91. The van der Waals surface area contributed by atoms with E-state index in [9.17, 15) is 4.79 Å². The van der Waals surface area contributed by atoms with Crippen LogP contribution in [0.2, 0.25) is 0 Å². The van der Waals surface area contributed by atoms with Gasteiger partial charge < -0.3 is 9.84 Å². The molecule has 0 saturated heterocycles. The van der Waals surface area contributed by atoms with Crippen LogP contribution >= 0.6 is 0 Å². The van der Waals surface area contributed by atoms with Gasteiger partial charge in [0.1, 0.15) is 6.10 Å². The normalized spacial score (nSPS) is 27.1. The standard InChI is InChI=1S/C11H14O3/c1-2-3-4-5-6-10-9(12)7-8-11(13)14-10/h2-4,7-8,10-11,13H,1,5-6H2/b4-3+. The fraction of sp³-hybridized carbons (Fsp3) is 0.364. The van der Waals surface area contributed by atoms with Crippen LogP contribution in [0.1, 0.15) is 12.8 Å². The van der Waals surface area contributed by atoms with Crippen LogP contribution in [-0.2, 0) is 9.53 Å². The smallest absolute Gasteiger partial charge is 0.184 e. The summed E-state index contributed by atoms with van der Waals surface area (Å²) in [6, 6.07) is 0. The topological polar surface area (TPSA) is 46.5 Å². The van der Waals surface area contributed by atoms with Crippen LogP contribution in [0.3, 0.4) is 0 Å². The van der Waals surface area contributed by atoms with E-state index in [-0.39, 0.29) is 5.78 Å². The SMILES string of the molecule is C=C/C=C/CCC1OC(O)C=CC1=O. The Morgan fingerprint density at radius 3 is 3.14 bits per heavy atom. The van der Waals surface area contributed by atoms with Gasteiger partial charge in [0, 0.05) is 0 Å². The molecule has 1 rings (SSSR count). The van der Waals surface area contributed by atoms with Gasteiger partial charge >= 0.3 is 0 Å². The lowest BCUT2D eigenvalue weighted by atomic mass is 10.1. The Hall–Kier alpha value is -1.19. The van der Waals surface area contributed by atoms with Gasteiger partial charge in [-0.1, -0.05) is 24.8 Å². The Bertz CT molecular complexity index is 266. The van der Waals surface area contributed by atoms with E-state index in [4.69, 9.17) is 9.84 Å². The quantitative estimate of drug-likeness (QED) is 0.687. The molecule has 1 aliphatic rings. The first kappa shape index (κ1) is 10.9. The number of aliphatic hydroxyl groups excluding tert-OH is 1. The largest absolute Gasteiger partial charge is 0.365 e. The van der Waals surface area contributed by atoms with Crippen molar-refractivity contribution in [2.24, 2.45) is 0 Å². The molecule has 0 saturated carbocycles.